The molecule has 0 fully saturated rings. The van der Waals surface area contributed by atoms with Crippen LogP contribution in [0.1, 0.15) is 37.8 Å². The highest BCUT2D eigenvalue weighted by atomic mass is 16.5. The summed E-state index contributed by atoms with van der Waals surface area (Å²) in [5, 5.41) is 6.64. The van der Waals surface area contributed by atoms with Crippen LogP contribution in [0.3, 0.4) is 0 Å². The smallest absolute Gasteiger partial charge is 0.191 e. The van der Waals surface area contributed by atoms with Crippen molar-refractivity contribution >= 4 is 5.96 Å². The number of benzene rings is 1. The van der Waals surface area contributed by atoms with Gasteiger partial charge in [0.2, 0.25) is 0 Å². The van der Waals surface area contributed by atoms with Gasteiger partial charge in [0.05, 0.1) is 6.54 Å². The van der Waals surface area contributed by atoms with Gasteiger partial charge in [0, 0.05) is 26.3 Å². The van der Waals surface area contributed by atoms with Crippen LogP contribution in [-0.2, 0) is 11.3 Å². The molecule has 0 aromatic heterocycles. The Kier molecular flexibility index (Phi) is 9.29. The minimum absolute atomic E-state index is 0.703. The summed E-state index contributed by atoms with van der Waals surface area (Å²) in [6.45, 7) is 10.3. The van der Waals surface area contributed by atoms with Crippen molar-refractivity contribution in [1.82, 2.24) is 10.6 Å². The fourth-order valence-electron chi connectivity index (χ4n) is 1.89. The van der Waals surface area contributed by atoms with E-state index in [4.69, 9.17) is 4.74 Å². The summed E-state index contributed by atoms with van der Waals surface area (Å²) >= 11 is 0. The van der Waals surface area contributed by atoms with Crippen LogP contribution in [0, 0.1) is 6.92 Å². The molecule has 0 aliphatic carbocycles. The van der Waals surface area contributed by atoms with Crippen LogP contribution in [0.2, 0.25) is 0 Å². The molecule has 1 aromatic carbocycles. The van der Waals surface area contributed by atoms with Crippen molar-refractivity contribution in [3.63, 3.8) is 0 Å². The normalized spacial score (nSPS) is 11.5. The second-order valence-electron chi connectivity index (χ2n) is 5.01. The Hall–Kier alpha value is -1.55. The number of hydrogen-bond donors (Lipinski definition) is 2. The summed E-state index contributed by atoms with van der Waals surface area (Å²) in [5.74, 6) is 0.884. The second-order valence-corrected chi connectivity index (χ2v) is 5.01. The third-order valence-electron chi connectivity index (χ3n) is 3.10. The summed E-state index contributed by atoms with van der Waals surface area (Å²) in [5.41, 5.74) is 2.51. The Bertz CT molecular complexity index is 401. The summed E-state index contributed by atoms with van der Waals surface area (Å²) in [6.07, 6.45) is 2.17. The van der Waals surface area contributed by atoms with Gasteiger partial charge in [-0.3, -0.25) is 0 Å². The van der Waals surface area contributed by atoms with Gasteiger partial charge in [0.25, 0.3) is 0 Å². The van der Waals surface area contributed by atoms with Crippen LogP contribution >= 0.6 is 0 Å². The van der Waals surface area contributed by atoms with Crippen molar-refractivity contribution in [3.8, 4) is 0 Å². The van der Waals surface area contributed by atoms with Crippen molar-refractivity contribution in [3.05, 3.63) is 35.4 Å². The average Bonchev–Trinajstić information content (AvgIpc) is 2.49. The van der Waals surface area contributed by atoms with Crippen molar-refractivity contribution < 1.29 is 4.74 Å². The van der Waals surface area contributed by atoms with Crippen molar-refractivity contribution in [2.75, 3.05) is 26.3 Å². The number of ether oxygens (including phenoxy) is 1. The van der Waals surface area contributed by atoms with Crippen molar-refractivity contribution in [1.29, 1.82) is 0 Å². The molecular weight excluding hydrogens is 262 g/mol. The second kappa shape index (κ2) is 11.1. The zero-order valence-electron chi connectivity index (χ0n) is 13.6. The summed E-state index contributed by atoms with van der Waals surface area (Å²) in [7, 11) is 0. The molecule has 0 saturated carbocycles. The van der Waals surface area contributed by atoms with E-state index in [1.54, 1.807) is 0 Å². The van der Waals surface area contributed by atoms with E-state index in [0.717, 1.165) is 45.1 Å². The van der Waals surface area contributed by atoms with E-state index in [2.05, 4.69) is 53.7 Å². The fourth-order valence-corrected chi connectivity index (χ4v) is 1.89. The molecule has 21 heavy (non-hydrogen) atoms. The van der Waals surface area contributed by atoms with Gasteiger partial charge in [-0.2, -0.15) is 0 Å². The first-order valence-corrected chi connectivity index (χ1v) is 7.91. The van der Waals surface area contributed by atoms with E-state index in [1.165, 1.54) is 11.1 Å². The first-order chi connectivity index (χ1) is 10.3. The highest BCUT2D eigenvalue weighted by Crippen LogP contribution is 2.04. The van der Waals surface area contributed by atoms with Crippen LogP contribution in [0.5, 0.6) is 0 Å². The lowest BCUT2D eigenvalue weighted by molar-refractivity contribution is 0.143. The maximum Gasteiger partial charge on any atom is 0.191 e. The molecule has 1 rings (SSSR count). The summed E-state index contributed by atoms with van der Waals surface area (Å²) in [6, 6.07) is 8.51. The molecule has 0 saturated heterocycles. The molecule has 0 aliphatic heterocycles. The standard InChI is InChI=1S/C17H29N3O/c1-4-18-17(19-12-6-7-13-21-5-2)20-14-16-10-8-15(3)9-11-16/h8-11H,4-7,12-14H2,1-3H3,(H2,18,19,20). The highest BCUT2D eigenvalue weighted by Gasteiger charge is 1.97. The molecule has 0 amide bonds. The van der Waals surface area contributed by atoms with E-state index < -0.39 is 0 Å². The third-order valence-corrected chi connectivity index (χ3v) is 3.10. The number of hydrogen-bond acceptors (Lipinski definition) is 2. The van der Waals surface area contributed by atoms with Gasteiger partial charge in [-0.1, -0.05) is 29.8 Å². The van der Waals surface area contributed by atoms with Gasteiger partial charge in [-0.15, -0.1) is 0 Å². The minimum Gasteiger partial charge on any atom is -0.382 e. The zero-order chi connectivity index (χ0) is 15.3. The van der Waals surface area contributed by atoms with Crippen LogP contribution in [-0.4, -0.2) is 32.3 Å². The summed E-state index contributed by atoms with van der Waals surface area (Å²) in [4.78, 5) is 4.61. The van der Waals surface area contributed by atoms with E-state index in [0.29, 0.717) is 6.54 Å². The molecule has 0 heterocycles. The van der Waals surface area contributed by atoms with E-state index in [-0.39, 0.29) is 0 Å². The van der Waals surface area contributed by atoms with E-state index in [9.17, 15) is 0 Å². The molecular formula is C17H29N3O. The predicted molar refractivity (Wildman–Crippen MR) is 89.7 cm³/mol. The van der Waals surface area contributed by atoms with Crippen molar-refractivity contribution in [2.45, 2.75) is 40.2 Å². The third kappa shape index (κ3) is 8.35. The predicted octanol–water partition coefficient (Wildman–Crippen LogP) is 2.87. The SMILES string of the molecule is CCNC(=NCc1ccc(C)cc1)NCCCCOCC. The topological polar surface area (TPSA) is 45.7 Å². The molecule has 0 spiro atoms. The Morgan fingerprint density at radius 1 is 1.10 bits per heavy atom. The molecule has 2 N–H and O–H groups in total. The number of nitrogens with zero attached hydrogens (tertiary/aromatic N) is 1. The van der Waals surface area contributed by atoms with Crippen molar-refractivity contribution in [2.24, 2.45) is 4.99 Å². The molecule has 4 heteroatoms. The van der Waals surface area contributed by atoms with Crippen LogP contribution in [0.25, 0.3) is 0 Å². The molecule has 118 valence electrons. The molecule has 0 radical (unpaired) electrons. The Morgan fingerprint density at radius 2 is 1.86 bits per heavy atom. The highest BCUT2D eigenvalue weighted by molar-refractivity contribution is 5.79. The quantitative estimate of drug-likeness (QED) is 0.418. The van der Waals surface area contributed by atoms with Gasteiger partial charge < -0.3 is 15.4 Å². The Labute approximate surface area is 129 Å². The van der Waals surface area contributed by atoms with E-state index >= 15 is 0 Å². The maximum atomic E-state index is 5.33. The molecule has 0 unspecified atom stereocenters. The van der Waals surface area contributed by atoms with Gasteiger partial charge >= 0.3 is 0 Å². The number of nitrogens with one attached hydrogen (secondary N) is 2. The number of unbranched alkanes of at least 4 members (excludes halogenated alkanes) is 1. The molecule has 0 bridgehead atoms. The summed E-state index contributed by atoms with van der Waals surface area (Å²) < 4.78 is 5.33. The number of rotatable bonds is 9. The molecule has 0 atom stereocenters. The van der Waals surface area contributed by atoms with Crippen LogP contribution < -0.4 is 10.6 Å². The minimum atomic E-state index is 0.703. The number of guanidine groups is 1. The molecule has 0 aliphatic rings. The van der Waals surface area contributed by atoms with Gasteiger partial charge in [-0.25, -0.2) is 4.99 Å². The fraction of sp³-hybridized carbons (Fsp3) is 0.588. The number of aliphatic imine (C=N–C) groups is 1. The Balaban J connectivity index is 2.33. The first-order valence-electron chi connectivity index (χ1n) is 7.91. The molecule has 4 nitrogen and oxygen atoms in total. The van der Waals surface area contributed by atoms with Gasteiger partial charge in [0.1, 0.15) is 0 Å². The first kappa shape index (κ1) is 17.5. The molecule has 1 aromatic rings. The van der Waals surface area contributed by atoms with Crippen LogP contribution in [0.15, 0.2) is 29.3 Å². The Morgan fingerprint density at radius 3 is 2.52 bits per heavy atom. The largest absolute Gasteiger partial charge is 0.382 e. The number of aryl methyl sites for hydroxylation is 1. The van der Waals surface area contributed by atoms with Crippen LogP contribution in [0.4, 0.5) is 0 Å². The lowest BCUT2D eigenvalue weighted by Crippen LogP contribution is -2.37. The maximum absolute atomic E-state index is 5.33. The van der Waals surface area contributed by atoms with Gasteiger partial charge in [-0.05, 0) is 39.2 Å². The lowest BCUT2D eigenvalue weighted by atomic mass is 10.1. The van der Waals surface area contributed by atoms with Gasteiger partial charge in [0.15, 0.2) is 5.96 Å². The van der Waals surface area contributed by atoms with E-state index in [1.807, 2.05) is 6.92 Å². The average molecular weight is 291 g/mol. The zero-order valence-corrected chi connectivity index (χ0v) is 13.6. The lowest BCUT2D eigenvalue weighted by Gasteiger charge is -2.11. The monoisotopic (exact) mass is 291 g/mol.